The van der Waals surface area contributed by atoms with Crippen LogP contribution < -0.4 is 36.5 Å². The molecule has 0 aromatic heterocycles. The molecule has 19 heteroatoms. The number of nitrogens with one attached hydrogen (secondary N) is 5. The van der Waals surface area contributed by atoms with Crippen molar-refractivity contribution in [3.05, 3.63) is 142 Å². The summed E-state index contributed by atoms with van der Waals surface area (Å²) >= 11 is 6.15. The summed E-state index contributed by atoms with van der Waals surface area (Å²) in [7, 11) is -2.66. The topological polar surface area (TPSA) is 240 Å². The molecule has 0 unspecified atom stereocenters. The van der Waals surface area contributed by atoms with E-state index in [0.717, 1.165) is 27.8 Å². The largest absolute Gasteiger partial charge is 0.487 e. The van der Waals surface area contributed by atoms with Crippen molar-refractivity contribution >= 4 is 57.3 Å². The number of nitrogens with two attached hydrogens (primary N) is 1. The molecule has 0 fully saturated rings. The van der Waals surface area contributed by atoms with E-state index in [1.165, 1.54) is 17.9 Å². The second-order valence-electron chi connectivity index (χ2n) is 19.8. The lowest BCUT2D eigenvalue weighted by atomic mass is 9.94. The van der Waals surface area contributed by atoms with Crippen molar-refractivity contribution in [2.75, 3.05) is 26.7 Å². The SMILES string of the molecule is C=CCN(C)C(=O)[C@H](NC(=O)[C@H](CC)NC(=O)[C@H](CCCN=C(N)NS(=O)(=O)c1c(C)c(C)c2c(c1C)CC(C)(C)O2)NC(=O)[C@@](C)(CC=C)NC(=O)OCC1c2ccccc2-c2ccccc21)c1ccc(Cl)cc1. The third-order valence-corrected chi connectivity index (χ3v) is 15.6. The fraction of sp³-hybridized carbons (Fsp3) is 0.393. The molecule has 1 aliphatic carbocycles. The molecule has 0 bridgehead atoms. The molecule has 4 aromatic carbocycles. The van der Waals surface area contributed by atoms with Crippen molar-refractivity contribution in [1.82, 2.24) is 30.9 Å². The predicted octanol–water partition coefficient (Wildman–Crippen LogP) is 7.11. The van der Waals surface area contributed by atoms with Crippen LogP contribution in [0.1, 0.15) is 104 Å². The Morgan fingerprint density at radius 2 is 1.52 bits per heavy atom. The Bertz CT molecular complexity index is 2950. The zero-order chi connectivity index (χ0) is 55.0. The molecule has 6 rings (SSSR count). The van der Waals surface area contributed by atoms with Crippen LogP contribution in [-0.4, -0.2) is 99.0 Å². The number of carbonyl (C=O) groups is 5. The van der Waals surface area contributed by atoms with Crippen molar-refractivity contribution < 1.29 is 41.9 Å². The Morgan fingerprint density at radius 1 is 0.907 bits per heavy atom. The zero-order valence-electron chi connectivity index (χ0n) is 43.9. The number of carbonyl (C=O) groups excluding carboxylic acids is 5. The van der Waals surface area contributed by atoms with Gasteiger partial charge in [0.15, 0.2) is 0 Å². The highest BCUT2D eigenvalue weighted by Gasteiger charge is 2.40. The number of hydrogen-bond acceptors (Lipinski definition) is 10. The van der Waals surface area contributed by atoms with E-state index in [1.54, 1.807) is 58.2 Å². The summed E-state index contributed by atoms with van der Waals surface area (Å²) in [6, 6.07) is 18.4. The molecule has 5 amide bonds. The van der Waals surface area contributed by atoms with Crippen molar-refractivity contribution in [1.29, 1.82) is 0 Å². The first kappa shape index (κ1) is 57.1. The molecule has 4 atom stereocenters. The van der Waals surface area contributed by atoms with Crippen molar-refractivity contribution in [3.63, 3.8) is 0 Å². The number of amides is 5. The molecule has 2 aliphatic rings. The van der Waals surface area contributed by atoms with Crippen LogP contribution in [0, 0.1) is 20.8 Å². The Kier molecular flexibility index (Phi) is 18.3. The molecule has 17 nitrogen and oxygen atoms in total. The lowest BCUT2D eigenvalue weighted by Crippen LogP contribution is -2.61. The van der Waals surface area contributed by atoms with Gasteiger partial charge in [-0.15, -0.1) is 13.2 Å². The number of benzene rings is 4. The number of sulfonamides is 1. The molecule has 400 valence electrons. The molecule has 0 saturated heterocycles. The molecular formula is C56H69ClN8O9S. The average Bonchev–Trinajstić information content (AvgIpc) is 3.87. The molecule has 0 saturated carbocycles. The van der Waals surface area contributed by atoms with E-state index in [1.807, 2.05) is 69.3 Å². The minimum absolute atomic E-state index is 0.0224. The van der Waals surface area contributed by atoms with Crippen molar-refractivity contribution in [2.45, 2.75) is 121 Å². The van der Waals surface area contributed by atoms with Gasteiger partial charge in [0.25, 0.3) is 10.0 Å². The molecule has 0 spiro atoms. The predicted molar refractivity (Wildman–Crippen MR) is 291 cm³/mol. The Balaban J connectivity index is 1.20. The minimum atomic E-state index is -4.23. The number of likely N-dealkylation sites (N-methyl/N-ethyl adjacent to an activating group) is 1. The normalized spacial score (nSPS) is 15.5. The van der Waals surface area contributed by atoms with Gasteiger partial charge < -0.3 is 41.4 Å². The average molecular weight is 1070 g/mol. The van der Waals surface area contributed by atoms with E-state index >= 15 is 0 Å². The molecule has 1 aliphatic heterocycles. The number of halogens is 1. The van der Waals surface area contributed by atoms with Gasteiger partial charge in [0.1, 0.15) is 41.6 Å². The number of fused-ring (bicyclic) bond motifs is 4. The number of alkyl carbamates (subject to hydrolysis) is 1. The summed E-state index contributed by atoms with van der Waals surface area (Å²) in [6.45, 7) is 19.9. The standard InChI is InChI=1S/C56H69ClN8O9S/c1-11-28-56(9,63-54(70)73-32-43-40-21-16-14-19-38(40)39-20-15-17-22-41(39)43)52(69)61-45(50(67)60-44(13-3)49(66)62-46(51(68)65(10)30-12-2)36-24-26-37(57)27-25-36)23-18-29-59-53(58)64-75(71,72)48-34(5)33(4)47-42(35(48)6)31-55(7,8)74-47/h11-12,14-17,19-22,24-27,43-46H,1-2,13,18,23,28-32H2,3-10H3,(H,60,67)(H,61,69)(H,62,66)(H,63,70)(H3,58,59,64)/t44-,45-,46+,56+/m0/s1. The van der Waals surface area contributed by atoms with Crippen LogP contribution in [0.4, 0.5) is 4.79 Å². The van der Waals surface area contributed by atoms with E-state index in [0.29, 0.717) is 39.4 Å². The van der Waals surface area contributed by atoms with Gasteiger partial charge in [0.2, 0.25) is 29.6 Å². The quantitative estimate of drug-likeness (QED) is 0.0202. The monoisotopic (exact) mass is 1060 g/mol. The van der Waals surface area contributed by atoms with Gasteiger partial charge in [-0.25, -0.2) is 17.9 Å². The Labute approximate surface area is 445 Å². The van der Waals surface area contributed by atoms with E-state index < -0.39 is 75.0 Å². The highest BCUT2D eigenvalue weighted by atomic mass is 35.5. The molecule has 1 heterocycles. The number of guanidine groups is 1. The highest BCUT2D eigenvalue weighted by molar-refractivity contribution is 7.90. The van der Waals surface area contributed by atoms with Gasteiger partial charge in [0, 0.05) is 43.1 Å². The fourth-order valence-corrected chi connectivity index (χ4v) is 11.3. The molecule has 0 radical (unpaired) electrons. The summed E-state index contributed by atoms with van der Waals surface area (Å²) in [4.78, 5) is 76.0. The van der Waals surface area contributed by atoms with E-state index in [9.17, 15) is 32.4 Å². The van der Waals surface area contributed by atoms with Gasteiger partial charge >= 0.3 is 6.09 Å². The molecule has 7 N–H and O–H groups in total. The summed E-state index contributed by atoms with van der Waals surface area (Å²) in [5.74, 6) is -2.65. The maximum atomic E-state index is 14.4. The highest BCUT2D eigenvalue weighted by Crippen LogP contribution is 2.45. The van der Waals surface area contributed by atoms with Crippen molar-refractivity contribution in [2.24, 2.45) is 10.7 Å². The van der Waals surface area contributed by atoms with Gasteiger partial charge in [-0.3, -0.25) is 24.2 Å². The summed E-state index contributed by atoms with van der Waals surface area (Å²) in [6.07, 6.45) is 2.61. The van der Waals surface area contributed by atoms with Gasteiger partial charge in [-0.05, 0) is 124 Å². The fourth-order valence-electron chi connectivity index (χ4n) is 9.61. The Morgan fingerprint density at radius 3 is 2.12 bits per heavy atom. The van der Waals surface area contributed by atoms with Crippen LogP contribution in [0.3, 0.4) is 0 Å². The van der Waals surface area contributed by atoms with E-state index in [2.05, 4.69) is 44.1 Å². The maximum absolute atomic E-state index is 14.4. The minimum Gasteiger partial charge on any atom is -0.487 e. The zero-order valence-corrected chi connectivity index (χ0v) is 45.5. The van der Waals surface area contributed by atoms with Crippen LogP contribution in [0.5, 0.6) is 5.75 Å². The van der Waals surface area contributed by atoms with Gasteiger partial charge in [-0.1, -0.05) is 91.3 Å². The first-order valence-corrected chi connectivity index (χ1v) is 26.7. The third-order valence-electron chi connectivity index (χ3n) is 13.7. The second-order valence-corrected chi connectivity index (χ2v) is 21.9. The number of rotatable bonds is 22. The summed E-state index contributed by atoms with van der Waals surface area (Å²) in [5, 5.41) is 11.4. The number of aliphatic imine (C=N–C) groups is 1. The van der Waals surface area contributed by atoms with E-state index in [4.69, 9.17) is 26.8 Å². The van der Waals surface area contributed by atoms with Gasteiger partial charge in [-0.2, -0.15) is 0 Å². The maximum Gasteiger partial charge on any atom is 0.408 e. The lowest BCUT2D eigenvalue weighted by molar-refractivity contribution is -0.137. The van der Waals surface area contributed by atoms with Crippen LogP contribution in [0.25, 0.3) is 11.1 Å². The van der Waals surface area contributed by atoms with Crippen LogP contribution in [-0.2, 0) is 40.4 Å². The number of hydrogen-bond donors (Lipinski definition) is 6. The number of nitrogens with zero attached hydrogens (tertiary/aromatic N) is 2. The number of ether oxygens (including phenoxy) is 2. The van der Waals surface area contributed by atoms with E-state index in [-0.39, 0.29) is 56.2 Å². The van der Waals surface area contributed by atoms with Gasteiger partial charge in [0.05, 0.1) is 4.90 Å². The second kappa shape index (κ2) is 24.0. The molecule has 4 aromatic rings. The Hall–Kier alpha value is -7.18. The summed E-state index contributed by atoms with van der Waals surface area (Å²) in [5.41, 5.74) is 11.1. The first-order valence-electron chi connectivity index (χ1n) is 24.9. The molecular weight excluding hydrogens is 996 g/mol. The van der Waals surface area contributed by atoms with Crippen LogP contribution >= 0.6 is 11.6 Å². The smallest absolute Gasteiger partial charge is 0.408 e. The third kappa shape index (κ3) is 13.2. The van der Waals surface area contributed by atoms with Crippen molar-refractivity contribution in [3.8, 4) is 16.9 Å². The van der Waals surface area contributed by atoms with Crippen LogP contribution in [0.15, 0.2) is 108 Å². The lowest BCUT2D eigenvalue weighted by Gasteiger charge is -2.31. The van der Waals surface area contributed by atoms with Crippen LogP contribution in [0.2, 0.25) is 5.02 Å². The first-order chi connectivity index (χ1) is 35.4. The summed E-state index contributed by atoms with van der Waals surface area (Å²) < 4.78 is 42.2. The molecule has 75 heavy (non-hydrogen) atoms.